The second kappa shape index (κ2) is 7.03. The maximum Gasteiger partial charge on any atom is 0.247 e. The zero-order valence-corrected chi connectivity index (χ0v) is 17.1. The predicted octanol–water partition coefficient (Wildman–Crippen LogP) is 3.07. The molecule has 0 saturated carbocycles. The Morgan fingerprint density at radius 2 is 1.94 bits per heavy atom. The predicted molar refractivity (Wildman–Crippen MR) is 115 cm³/mol. The monoisotopic (exact) mass is 411 g/mol. The molecular weight excluding hydrogens is 390 g/mol. The van der Waals surface area contributed by atoms with Gasteiger partial charge in [-0.1, -0.05) is 48.5 Å². The van der Waals surface area contributed by atoms with E-state index in [-0.39, 0.29) is 23.2 Å². The van der Waals surface area contributed by atoms with Gasteiger partial charge in [0.1, 0.15) is 17.1 Å². The van der Waals surface area contributed by atoms with Crippen molar-refractivity contribution in [2.24, 2.45) is 5.73 Å². The molecule has 3 aromatic rings. The Morgan fingerprint density at radius 3 is 2.71 bits per heavy atom. The van der Waals surface area contributed by atoms with Gasteiger partial charge in [0.15, 0.2) is 0 Å². The molecule has 1 amide bonds. The standard InChI is InChI=1S/C24H21N5O2/c1-15-20-22(28-27-15)31-21(26)18(14-25)24(20)17-11-5-6-12-19(17)29(23(24)30)13-7-10-16-8-3-2-4-9-16/h2-6,8-9,11-12H,7,10,13,26H2,1H3,(H,27,28)/t24-/m1/s1. The van der Waals surface area contributed by atoms with Gasteiger partial charge in [0.25, 0.3) is 0 Å². The normalized spacial score (nSPS) is 19.2. The van der Waals surface area contributed by atoms with E-state index in [9.17, 15) is 10.1 Å². The minimum absolute atomic E-state index is 0.0872. The molecule has 7 heteroatoms. The van der Waals surface area contributed by atoms with Crippen molar-refractivity contribution >= 4 is 11.6 Å². The summed E-state index contributed by atoms with van der Waals surface area (Å²) in [6.07, 6.45) is 1.64. The van der Waals surface area contributed by atoms with Gasteiger partial charge in [-0.3, -0.25) is 9.89 Å². The number of aryl methyl sites for hydroxylation is 2. The van der Waals surface area contributed by atoms with Gasteiger partial charge in [-0.15, -0.1) is 5.10 Å². The van der Waals surface area contributed by atoms with E-state index in [0.29, 0.717) is 17.8 Å². The zero-order chi connectivity index (χ0) is 21.6. The van der Waals surface area contributed by atoms with Gasteiger partial charge in [0, 0.05) is 23.5 Å². The highest BCUT2D eigenvalue weighted by molar-refractivity contribution is 6.14. The lowest BCUT2D eigenvalue weighted by molar-refractivity contribution is -0.121. The molecule has 2 aromatic carbocycles. The molecule has 0 unspecified atom stereocenters. The maximum atomic E-state index is 14.1. The van der Waals surface area contributed by atoms with Crippen molar-refractivity contribution in [2.75, 3.05) is 11.4 Å². The number of nitrogens with two attached hydrogens (primary N) is 1. The van der Waals surface area contributed by atoms with E-state index in [1.807, 2.05) is 49.4 Å². The Bertz CT molecular complexity index is 1250. The average Bonchev–Trinajstić information content (AvgIpc) is 3.26. The number of amides is 1. The molecule has 0 saturated heterocycles. The molecular formula is C24H21N5O2. The van der Waals surface area contributed by atoms with Crippen LogP contribution in [-0.2, 0) is 16.6 Å². The average molecular weight is 411 g/mol. The quantitative estimate of drug-likeness (QED) is 0.686. The van der Waals surface area contributed by atoms with Crippen molar-refractivity contribution in [3.8, 4) is 11.9 Å². The first-order valence-corrected chi connectivity index (χ1v) is 10.2. The second-order valence-corrected chi connectivity index (χ2v) is 7.79. The van der Waals surface area contributed by atoms with Gasteiger partial charge in [-0.2, -0.15) is 5.26 Å². The number of nitrogens with zero attached hydrogens (tertiary/aromatic N) is 3. The summed E-state index contributed by atoms with van der Waals surface area (Å²) < 4.78 is 5.60. The topological polar surface area (TPSA) is 108 Å². The molecule has 1 spiro atoms. The van der Waals surface area contributed by atoms with Gasteiger partial charge >= 0.3 is 0 Å². The number of fused-ring (bicyclic) bond motifs is 4. The number of aromatic nitrogens is 2. The summed E-state index contributed by atoms with van der Waals surface area (Å²) in [5, 5.41) is 17.1. The number of hydrogen-bond acceptors (Lipinski definition) is 5. The van der Waals surface area contributed by atoms with Crippen LogP contribution in [0.3, 0.4) is 0 Å². The Morgan fingerprint density at radius 1 is 1.19 bits per heavy atom. The van der Waals surface area contributed by atoms with Crippen molar-refractivity contribution in [3.05, 3.63) is 88.4 Å². The summed E-state index contributed by atoms with van der Waals surface area (Å²) in [4.78, 5) is 15.9. The first-order valence-electron chi connectivity index (χ1n) is 10.2. The highest BCUT2D eigenvalue weighted by Gasteiger charge is 2.60. The fourth-order valence-electron chi connectivity index (χ4n) is 4.77. The first kappa shape index (κ1) is 18.9. The van der Waals surface area contributed by atoms with E-state index in [2.05, 4.69) is 28.4 Å². The molecule has 0 aliphatic carbocycles. The summed E-state index contributed by atoms with van der Waals surface area (Å²) in [5.41, 5.74) is 8.83. The van der Waals surface area contributed by atoms with Crippen LogP contribution in [0, 0.1) is 18.3 Å². The SMILES string of the molecule is Cc1[nH]nc2c1[C@]1(C(=O)N(CCCc3ccccc3)c3ccccc31)C(C#N)=C(N)O2. The van der Waals surface area contributed by atoms with Crippen molar-refractivity contribution < 1.29 is 9.53 Å². The molecule has 3 heterocycles. The summed E-state index contributed by atoms with van der Waals surface area (Å²) in [5.74, 6) is -0.0469. The van der Waals surface area contributed by atoms with Crippen LogP contribution in [0.1, 0.15) is 28.8 Å². The number of aromatic amines is 1. The van der Waals surface area contributed by atoms with Gasteiger partial charge in [0.2, 0.25) is 17.7 Å². The van der Waals surface area contributed by atoms with Crippen LogP contribution in [0.4, 0.5) is 5.69 Å². The van der Waals surface area contributed by atoms with Gasteiger partial charge in [-0.25, -0.2) is 0 Å². The summed E-state index contributed by atoms with van der Waals surface area (Å²) in [7, 11) is 0. The molecule has 31 heavy (non-hydrogen) atoms. The molecule has 0 fully saturated rings. The molecule has 5 rings (SSSR count). The smallest absolute Gasteiger partial charge is 0.247 e. The van der Waals surface area contributed by atoms with Crippen LogP contribution in [0.5, 0.6) is 5.88 Å². The summed E-state index contributed by atoms with van der Waals surface area (Å²) >= 11 is 0. The van der Waals surface area contributed by atoms with Crippen molar-refractivity contribution in [1.29, 1.82) is 5.26 Å². The van der Waals surface area contributed by atoms with Crippen LogP contribution in [0.15, 0.2) is 66.1 Å². The van der Waals surface area contributed by atoms with Gasteiger partial charge < -0.3 is 15.4 Å². The summed E-state index contributed by atoms with van der Waals surface area (Å²) in [6.45, 7) is 2.35. The fraction of sp³-hybridized carbons (Fsp3) is 0.208. The van der Waals surface area contributed by atoms with Crippen molar-refractivity contribution in [2.45, 2.75) is 25.2 Å². The van der Waals surface area contributed by atoms with Crippen LogP contribution >= 0.6 is 0 Å². The zero-order valence-electron chi connectivity index (χ0n) is 17.1. The molecule has 0 radical (unpaired) electrons. The van der Waals surface area contributed by atoms with Crippen LogP contribution in [0.25, 0.3) is 0 Å². The highest BCUT2D eigenvalue weighted by atomic mass is 16.5. The van der Waals surface area contributed by atoms with Gasteiger partial charge in [-0.05, 0) is 31.4 Å². The number of ether oxygens (including phenoxy) is 1. The van der Waals surface area contributed by atoms with Crippen molar-refractivity contribution in [1.82, 2.24) is 10.2 Å². The molecule has 1 aromatic heterocycles. The Hall–Kier alpha value is -4.05. The third-order valence-corrected chi connectivity index (χ3v) is 6.08. The van der Waals surface area contributed by atoms with Gasteiger partial charge in [0.05, 0.1) is 5.56 Å². The number of anilines is 1. The van der Waals surface area contributed by atoms with E-state index in [0.717, 1.165) is 24.1 Å². The third-order valence-electron chi connectivity index (χ3n) is 6.08. The van der Waals surface area contributed by atoms with E-state index < -0.39 is 5.41 Å². The lowest BCUT2D eigenvalue weighted by Gasteiger charge is -2.32. The maximum absolute atomic E-state index is 14.1. The number of carbonyl (C=O) groups is 1. The Kier molecular flexibility index (Phi) is 4.29. The minimum atomic E-state index is -1.35. The molecule has 154 valence electrons. The van der Waals surface area contributed by atoms with Crippen LogP contribution in [-0.4, -0.2) is 22.6 Å². The largest absolute Gasteiger partial charge is 0.420 e. The molecule has 0 bridgehead atoms. The lowest BCUT2D eigenvalue weighted by Crippen LogP contribution is -2.46. The number of para-hydroxylation sites is 1. The molecule has 2 aliphatic rings. The molecule has 1 atom stereocenters. The number of rotatable bonds is 4. The second-order valence-electron chi connectivity index (χ2n) is 7.79. The lowest BCUT2D eigenvalue weighted by atomic mass is 9.69. The first-order chi connectivity index (χ1) is 15.1. The van der Waals surface area contributed by atoms with Crippen LogP contribution in [0.2, 0.25) is 0 Å². The molecule has 7 nitrogen and oxygen atoms in total. The van der Waals surface area contributed by atoms with E-state index >= 15 is 0 Å². The minimum Gasteiger partial charge on any atom is -0.420 e. The number of H-pyrrole nitrogens is 1. The Balaban J connectivity index is 1.61. The molecule has 3 N–H and O–H groups in total. The third kappa shape index (κ3) is 2.58. The van der Waals surface area contributed by atoms with E-state index in [1.165, 1.54) is 5.56 Å². The number of nitrogens with one attached hydrogen (secondary N) is 1. The van der Waals surface area contributed by atoms with Crippen LogP contribution < -0.4 is 15.4 Å². The fourth-order valence-corrected chi connectivity index (χ4v) is 4.77. The Labute approximate surface area is 179 Å². The van der Waals surface area contributed by atoms with E-state index in [1.54, 1.807) is 4.90 Å². The summed E-state index contributed by atoms with van der Waals surface area (Å²) in [6, 6.07) is 19.9. The number of benzene rings is 2. The van der Waals surface area contributed by atoms with Crippen molar-refractivity contribution in [3.63, 3.8) is 0 Å². The number of carbonyl (C=O) groups excluding carboxylic acids is 1. The number of nitriles is 1. The van der Waals surface area contributed by atoms with E-state index in [4.69, 9.17) is 10.5 Å². The molecule has 2 aliphatic heterocycles. The highest BCUT2D eigenvalue weighted by Crippen LogP contribution is 2.55. The number of hydrogen-bond donors (Lipinski definition) is 2.